The van der Waals surface area contributed by atoms with Crippen LogP contribution in [0.1, 0.15) is 12.5 Å². The van der Waals surface area contributed by atoms with Gasteiger partial charge in [-0.3, -0.25) is 9.59 Å². The monoisotopic (exact) mass is 215 g/mol. The van der Waals surface area contributed by atoms with Crippen LogP contribution in [0.4, 0.5) is 0 Å². The van der Waals surface area contributed by atoms with Gasteiger partial charge < -0.3 is 4.57 Å². The molecule has 82 valence electrons. The number of aryl methyl sites for hydroxylation is 1. The van der Waals surface area contributed by atoms with E-state index in [1.54, 1.807) is 26.1 Å². The number of fused-ring (bicyclic) bond motifs is 1. The third-order valence-corrected chi connectivity index (χ3v) is 2.56. The fourth-order valence-corrected chi connectivity index (χ4v) is 1.86. The van der Waals surface area contributed by atoms with E-state index in [1.165, 1.54) is 0 Å². The van der Waals surface area contributed by atoms with Crippen LogP contribution in [0, 0.1) is 6.92 Å². The van der Waals surface area contributed by atoms with Gasteiger partial charge in [-0.15, -0.1) is 0 Å². The van der Waals surface area contributed by atoms with Gasteiger partial charge in [0.15, 0.2) is 5.43 Å². The number of carbonyl (C=O) groups excluding carboxylic acids is 1. The van der Waals surface area contributed by atoms with E-state index in [1.807, 2.05) is 22.8 Å². The molecular formula is C13H13NO2. The second kappa shape index (κ2) is 3.93. The Kier molecular flexibility index (Phi) is 2.60. The standard InChI is InChI=1S/C13H13NO2/c1-9-7-14(8-10(2)15)12-6-4-3-5-11(12)13(9)16/h3-7H,8H2,1-2H3. The molecule has 1 aromatic carbocycles. The zero-order valence-corrected chi connectivity index (χ0v) is 9.36. The lowest BCUT2D eigenvalue weighted by Crippen LogP contribution is -2.15. The first-order valence-electron chi connectivity index (χ1n) is 5.18. The highest BCUT2D eigenvalue weighted by molar-refractivity contribution is 5.82. The molecule has 0 unspecified atom stereocenters. The molecule has 3 heteroatoms. The van der Waals surface area contributed by atoms with E-state index in [9.17, 15) is 9.59 Å². The molecule has 0 N–H and O–H groups in total. The average molecular weight is 215 g/mol. The van der Waals surface area contributed by atoms with Crippen LogP contribution in [0.25, 0.3) is 10.9 Å². The normalized spacial score (nSPS) is 10.6. The van der Waals surface area contributed by atoms with E-state index >= 15 is 0 Å². The average Bonchev–Trinajstić information content (AvgIpc) is 2.25. The summed E-state index contributed by atoms with van der Waals surface area (Å²) in [4.78, 5) is 23.0. The lowest BCUT2D eigenvalue weighted by Gasteiger charge is -2.10. The maximum absolute atomic E-state index is 11.9. The highest BCUT2D eigenvalue weighted by atomic mass is 16.1. The topological polar surface area (TPSA) is 39.1 Å². The summed E-state index contributed by atoms with van der Waals surface area (Å²) in [5.74, 6) is 0.0770. The maximum Gasteiger partial charge on any atom is 0.192 e. The van der Waals surface area contributed by atoms with Crippen LogP contribution in [-0.4, -0.2) is 10.4 Å². The third kappa shape index (κ3) is 1.76. The van der Waals surface area contributed by atoms with Crippen LogP contribution < -0.4 is 5.43 Å². The minimum atomic E-state index is 0.0374. The molecule has 0 bridgehead atoms. The largest absolute Gasteiger partial charge is 0.340 e. The number of ketones is 1. The summed E-state index contributed by atoms with van der Waals surface area (Å²) in [5.41, 5.74) is 1.52. The summed E-state index contributed by atoms with van der Waals surface area (Å²) in [6.45, 7) is 3.62. The van der Waals surface area contributed by atoms with Crippen molar-refractivity contribution in [3.63, 3.8) is 0 Å². The Morgan fingerprint density at radius 2 is 2.00 bits per heavy atom. The number of hydrogen-bond acceptors (Lipinski definition) is 2. The third-order valence-electron chi connectivity index (χ3n) is 2.56. The summed E-state index contributed by atoms with van der Waals surface area (Å²) in [5, 5.41) is 0.670. The van der Waals surface area contributed by atoms with Crippen molar-refractivity contribution < 1.29 is 4.79 Å². The van der Waals surface area contributed by atoms with Gasteiger partial charge in [-0.05, 0) is 26.0 Å². The molecule has 2 rings (SSSR count). The second-order valence-corrected chi connectivity index (χ2v) is 3.99. The Balaban J connectivity index is 2.79. The number of hydrogen-bond donors (Lipinski definition) is 0. The van der Waals surface area contributed by atoms with E-state index in [2.05, 4.69) is 0 Å². The Labute approximate surface area is 93.3 Å². The van der Waals surface area contributed by atoms with E-state index in [0.29, 0.717) is 17.5 Å². The van der Waals surface area contributed by atoms with Crippen molar-refractivity contribution >= 4 is 16.7 Å². The molecule has 0 fully saturated rings. The minimum Gasteiger partial charge on any atom is -0.340 e. The molecule has 0 radical (unpaired) electrons. The lowest BCUT2D eigenvalue weighted by atomic mass is 10.1. The molecule has 0 atom stereocenters. The molecule has 2 aromatic rings. The van der Waals surface area contributed by atoms with E-state index in [0.717, 1.165) is 5.52 Å². The molecular weight excluding hydrogens is 202 g/mol. The highest BCUT2D eigenvalue weighted by Gasteiger charge is 2.06. The van der Waals surface area contributed by atoms with E-state index < -0.39 is 0 Å². The van der Waals surface area contributed by atoms with E-state index in [4.69, 9.17) is 0 Å². The van der Waals surface area contributed by atoms with Crippen molar-refractivity contribution in [1.82, 2.24) is 4.57 Å². The fourth-order valence-electron chi connectivity index (χ4n) is 1.86. The van der Waals surface area contributed by atoms with Crippen LogP contribution in [-0.2, 0) is 11.3 Å². The highest BCUT2D eigenvalue weighted by Crippen LogP contribution is 2.11. The predicted octanol–water partition coefficient (Wildman–Crippen LogP) is 1.90. The number of benzene rings is 1. The SMILES string of the molecule is CC(=O)Cn1cc(C)c(=O)c2ccccc21. The van der Waals surface area contributed by atoms with Crippen molar-refractivity contribution in [2.45, 2.75) is 20.4 Å². The molecule has 0 aliphatic rings. The fraction of sp³-hybridized carbons (Fsp3) is 0.231. The molecule has 0 aliphatic heterocycles. The van der Waals surface area contributed by atoms with Gasteiger partial charge >= 0.3 is 0 Å². The summed E-state index contributed by atoms with van der Waals surface area (Å²) in [6, 6.07) is 7.36. The molecule has 0 aliphatic carbocycles. The molecule has 0 saturated carbocycles. The zero-order valence-electron chi connectivity index (χ0n) is 9.36. The van der Waals surface area contributed by atoms with E-state index in [-0.39, 0.29) is 11.2 Å². The van der Waals surface area contributed by atoms with Crippen LogP contribution in [0.15, 0.2) is 35.3 Å². The number of aromatic nitrogens is 1. The quantitative estimate of drug-likeness (QED) is 0.767. The zero-order chi connectivity index (χ0) is 11.7. The van der Waals surface area contributed by atoms with Crippen LogP contribution >= 0.6 is 0 Å². The molecule has 3 nitrogen and oxygen atoms in total. The number of Topliss-reactive ketones (excluding diaryl/α,β-unsaturated/α-hetero) is 1. The van der Waals surface area contributed by atoms with Gasteiger partial charge in [0.2, 0.25) is 0 Å². The van der Waals surface area contributed by atoms with Crippen molar-refractivity contribution in [2.24, 2.45) is 0 Å². The van der Waals surface area contributed by atoms with Gasteiger partial charge in [0, 0.05) is 17.1 Å². The molecule has 16 heavy (non-hydrogen) atoms. The number of rotatable bonds is 2. The maximum atomic E-state index is 11.9. The van der Waals surface area contributed by atoms with Crippen molar-refractivity contribution in [1.29, 1.82) is 0 Å². The summed E-state index contributed by atoms with van der Waals surface area (Å²) >= 11 is 0. The van der Waals surface area contributed by atoms with Gasteiger partial charge in [-0.2, -0.15) is 0 Å². The Morgan fingerprint density at radius 3 is 2.69 bits per heavy atom. The molecule has 0 amide bonds. The smallest absolute Gasteiger partial charge is 0.192 e. The first kappa shape index (κ1) is 10.6. The first-order chi connectivity index (χ1) is 7.59. The van der Waals surface area contributed by atoms with Crippen LogP contribution in [0.2, 0.25) is 0 Å². The Hall–Kier alpha value is -1.90. The van der Waals surface area contributed by atoms with Crippen molar-refractivity contribution in [3.8, 4) is 0 Å². The predicted molar refractivity (Wildman–Crippen MR) is 63.6 cm³/mol. The van der Waals surface area contributed by atoms with Gasteiger partial charge in [0.1, 0.15) is 5.78 Å². The lowest BCUT2D eigenvalue weighted by molar-refractivity contribution is -0.117. The van der Waals surface area contributed by atoms with Gasteiger partial charge in [-0.25, -0.2) is 0 Å². The summed E-state index contributed by atoms with van der Waals surface area (Å²) in [6.07, 6.45) is 1.74. The summed E-state index contributed by atoms with van der Waals surface area (Å²) < 4.78 is 1.83. The van der Waals surface area contributed by atoms with Crippen molar-refractivity contribution in [2.75, 3.05) is 0 Å². The number of pyridine rings is 1. The number of para-hydroxylation sites is 1. The number of nitrogens with zero attached hydrogens (tertiary/aromatic N) is 1. The summed E-state index contributed by atoms with van der Waals surface area (Å²) in [7, 11) is 0. The molecule has 1 aromatic heterocycles. The second-order valence-electron chi connectivity index (χ2n) is 3.99. The Bertz CT molecular complexity index is 611. The van der Waals surface area contributed by atoms with Gasteiger partial charge in [-0.1, -0.05) is 12.1 Å². The van der Waals surface area contributed by atoms with Crippen LogP contribution in [0.5, 0.6) is 0 Å². The van der Waals surface area contributed by atoms with Gasteiger partial charge in [0.05, 0.1) is 12.1 Å². The number of carbonyl (C=O) groups is 1. The first-order valence-corrected chi connectivity index (χ1v) is 5.18. The van der Waals surface area contributed by atoms with Crippen LogP contribution in [0.3, 0.4) is 0 Å². The minimum absolute atomic E-state index is 0.0374. The van der Waals surface area contributed by atoms with Crippen molar-refractivity contribution in [3.05, 3.63) is 46.2 Å². The Morgan fingerprint density at radius 1 is 1.31 bits per heavy atom. The molecule has 0 spiro atoms. The molecule has 0 saturated heterocycles. The van der Waals surface area contributed by atoms with Gasteiger partial charge in [0.25, 0.3) is 0 Å². The molecule has 1 heterocycles.